The standard InChI is InChI=1S/C22H23F2NO3S/c1-5-22(23,24)19-7-13(2)16(10-25-19)11-28-17-6-14(3)21-15(8-20(26)27-4)12-29-18(21)9-17/h6-7,9-10,12H,5,8,11H2,1-4H3. The zero-order valence-electron chi connectivity index (χ0n) is 16.8. The first-order chi connectivity index (χ1) is 13.7. The summed E-state index contributed by atoms with van der Waals surface area (Å²) in [5.74, 6) is -2.51. The fraction of sp³-hybridized carbons (Fsp3) is 0.364. The number of aromatic nitrogens is 1. The Morgan fingerprint density at radius 2 is 1.93 bits per heavy atom. The molecular formula is C22H23F2NO3S. The van der Waals surface area contributed by atoms with Crippen LogP contribution in [0.15, 0.2) is 29.8 Å². The van der Waals surface area contributed by atoms with Crippen molar-refractivity contribution in [2.45, 2.75) is 46.1 Å². The fourth-order valence-corrected chi connectivity index (χ4v) is 4.20. The molecule has 3 rings (SSSR count). The molecule has 4 nitrogen and oxygen atoms in total. The van der Waals surface area contributed by atoms with Crippen LogP contribution in [0.3, 0.4) is 0 Å². The number of esters is 1. The lowest BCUT2D eigenvalue weighted by Gasteiger charge is -2.15. The third kappa shape index (κ3) is 4.56. The third-order valence-corrected chi connectivity index (χ3v) is 5.90. The Labute approximate surface area is 172 Å². The van der Waals surface area contributed by atoms with Crippen LogP contribution in [0, 0.1) is 13.8 Å². The van der Waals surface area contributed by atoms with Crippen molar-refractivity contribution < 1.29 is 23.0 Å². The van der Waals surface area contributed by atoms with Gasteiger partial charge in [-0.3, -0.25) is 9.78 Å². The molecule has 0 aliphatic carbocycles. The zero-order valence-corrected chi connectivity index (χ0v) is 17.7. The van der Waals surface area contributed by atoms with Crippen LogP contribution in [0.4, 0.5) is 8.78 Å². The highest BCUT2D eigenvalue weighted by Crippen LogP contribution is 2.34. The molecule has 0 N–H and O–H groups in total. The van der Waals surface area contributed by atoms with Crippen LogP contribution in [0.1, 0.15) is 41.3 Å². The first kappa shape index (κ1) is 21.2. The van der Waals surface area contributed by atoms with Gasteiger partial charge in [-0.25, -0.2) is 0 Å². The fourth-order valence-electron chi connectivity index (χ4n) is 3.14. The number of rotatable bonds is 7. The van der Waals surface area contributed by atoms with Gasteiger partial charge in [0.05, 0.1) is 13.5 Å². The Balaban J connectivity index is 1.78. The zero-order chi connectivity index (χ0) is 21.2. The minimum atomic E-state index is -2.92. The normalized spacial score (nSPS) is 11.7. The van der Waals surface area contributed by atoms with E-state index < -0.39 is 5.92 Å². The molecule has 29 heavy (non-hydrogen) atoms. The van der Waals surface area contributed by atoms with Gasteiger partial charge in [0, 0.05) is 22.9 Å². The van der Waals surface area contributed by atoms with Crippen molar-refractivity contribution in [3.05, 3.63) is 57.7 Å². The molecule has 0 aliphatic heterocycles. The number of aryl methyl sites for hydroxylation is 2. The SMILES string of the molecule is CCC(F)(F)c1cc(C)c(COc2cc(C)c3c(CC(=O)OC)csc3c2)cn1. The Kier molecular flexibility index (Phi) is 6.17. The monoisotopic (exact) mass is 419 g/mol. The molecule has 0 saturated carbocycles. The van der Waals surface area contributed by atoms with Crippen molar-refractivity contribution in [1.29, 1.82) is 0 Å². The van der Waals surface area contributed by atoms with E-state index >= 15 is 0 Å². The van der Waals surface area contributed by atoms with Crippen LogP contribution < -0.4 is 4.74 Å². The number of pyridine rings is 1. The minimum Gasteiger partial charge on any atom is -0.489 e. The van der Waals surface area contributed by atoms with E-state index in [4.69, 9.17) is 9.47 Å². The number of thiophene rings is 1. The molecule has 0 fully saturated rings. The molecule has 0 saturated heterocycles. The first-order valence-electron chi connectivity index (χ1n) is 9.29. The van der Waals surface area contributed by atoms with Crippen molar-refractivity contribution in [3.8, 4) is 5.75 Å². The van der Waals surface area contributed by atoms with Crippen molar-refractivity contribution in [3.63, 3.8) is 0 Å². The number of halogens is 2. The first-order valence-corrected chi connectivity index (χ1v) is 10.2. The van der Waals surface area contributed by atoms with Crippen molar-refractivity contribution in [2.24, 2.45) is 0 Å². The number of hydrogen-bond acceptors (Lipinski definition) is 5. The predicted molar refractivity (Wildman–Crippen MR) is 110 cm³/mol. The van der Waals surface area contributed by atoms with Gasteiger partial charge in [-0.2, -0.15) is 8.78 Å². The van der Waals surface area contributed by atoms with E-state index in [0.29, 0.717) is 5.75 Å². The highest BCUT2D eigenvalue weighted by Gasteiger charge is 2.30. The van der Waals surface area contributed by atoms with Gasteiger partial charge in [0.2, 0.25) is 0 Å². The molecule has 154 valence electrons. The van der Waals surface area contributed by atoms with Crippen LogP contribution in [-0.2, 0) is 28.5 Å². The van der Waals surface area contributed by atoms with E-state index in [-0.39, 0.29) is 31.1 Å². The highest BCUT2D eigenvalue weighted by atomic mass is 32.1. The molecule has 0 unspecified atom stereocenters. The summed E-state index contributed by atoms with van der Waals surface area (Å²) in [5, 5.41) is 3.00. The van der Waals surface area contributed by atoms with Crippen LogP contribution in [0.25, 0.3) is 10.1 Å². The van der Waals surface area contributed by atoms with Gasteiger partial charge in [0.15, 0.2) is 0 Å². The molecular weight excluding hydrogens is 396 g/mol. The summed E-state index contributed by atoms with van der Waals surface area (Å²) in [6.07, 6.45) is 1.41. The number of nitrogens with zero attached hydrogens (tertiary/aromatic N) is 1. The lowest BCUT2D eigenvalue weighted by atomic mass is 10.1. The highest BCUT2D eigenvalue weighted by molar-refractivity contribution is 7.17. The van der Waals surface area contributed by atoms with E-state index in [2.05, 4.69) is 4.98 Å². The van der Waals surface area contributed by atoms with E-state index in [1.165, 1.54) is 26.3 Å². The molecule has 0 spiro atoms. The lowest BCUT2D eigenvalue weighted by molar-refractivity contribution is -0.139. The number of methoxy groups -OCH3 is 1. The molecule has 0 bridgehead atoms. The van der Waals surface area contributed by atoms with Crippen molar-refractivity contribution in [1.82, 2.24) is 4.98 Å². The summed E-state index contributed by atoms with van der Waals surface area (Å²) >= 11 is 1.54. The smallest absolute Gasteiger partial charge is 0.310 e. The maximum atomic E-state index is 13.8. The summed E-state index contributed by atoms with van der Waals surface area (Å²) in [6.45, 7) is 5.43. The second-order valence-electron chi connectivity index (χ2n) is 6.97. The van der Waals surface area contributed by atoms with Crippen LogP contribution in [-0.4, -0.2) is 18.1 Å². The van der Waals surface area contributed by atoms with Crippen molar-refractivity contribution >= 4 is 27.4 Å². The molecule has 1 aromatic carbocycles. The second kappa shape index (κ2) is 8.45. The van der Waals surface area contributed by atoms with Crippen LogP contribution in [0.2, 0.25) is 0 Å². The summed E-state index contributed by atoms with van der Waals surface area (Å²) in [4.78, 5) is 15.5. The van der Waals surface area contributed by atoms with E-state index in [0.717, 1.165) is 32.3 Å². The number of carbonyl (C=O) groups excluding carboxylic acids is 1. The molecule has 0 radical (unpaired) electrons. The van der Waals surface area contributed by atoms with Gasteiger partial charge in [-0.05, 0) is 59.5 Å². The quantitative estimate of drug-likeness (QED) is 0.460. The summed E-state index contributed by atoms with van der Waals surface area (Å²) in [5.41, 5.74) is 3.21. The van der Waals surface area contributed by atoms with Gasteiger partial charge < -0.3 is 9.47 Å². The van der Waals surface area contributed by atoms with Crippen LogP contribution >= 0.6 is 11.3 Å². The van der Waals surface area contributed by atoms with Gasteiger partial charge in [0.1, 0.15) is 18.1 Å². The Morgan fingerprint density at radius 1 is 1.17 bits per heavy atom. The summed E-state index contributed by atoms with van der Waals surface area (Å²) < 4.78 is 39.3. The van der Waals surface area contributed by atoms with Gasteiger partial charge >= 0.3 is 5.97 Å². The Bertz CT molecular complexity index is 1050. The summed E-state index contributed by atoms with van der Waals surface area (Å²) in [6, 6.07) is 5.27. The number of ether oxygens (including phenoxy) is 2. The number of carbonyl (C=O) groups is 1. The predicted octanol–water partition coefficient (Wildman–Crippen LogP) is 5.71. The number of benzene rings is 1. The lowest BCUT2D eigenvalue weighted by Crippen LogP contribution is -2.14. The molecule has 2 heterocycles. The third-order valence-electron chi connectivity index (χ3n) is 4.92. The van der Waals surface area contributed by atoms with Crippen molar-refractivity contribution in [2.75, 3.05) is 7.11 Å². The molecule has 7 heteroatoms. The van der Waals surface area contributed by atoms with Gasteiger partial charge in [-0.1, -0.05) is 6.92 Å². The molecule has 0 atom stereocenters. The average Bonchev–Trinajstić information content (AvgIpc) is 3.09. The second-order valence-corrected chi connectivity index (χ2v) is 7.88. The minimum absolute atomic E-state index is 0.213. The topological polar surface area (TPSA) is 48.4 Å². The number of fused-ring (bicyclic) bond motifs is 1. The average molecular weight is 419 g/mol. The Morgan fingerprint density at radius 3 is 2.59 bits per heavy atom. The summed E-state index contributed by atoms with van der Waals surface area (Å²) in [7, 11) is 1.38. The maximum Gasteiger partial charge on any atom is 0.310 e. The van der Waals surface area contributed by atoms with E-state index in [9.17, 15) is 13.6 Å². The van der Waals surface area contributed by atoms with Gasteiger partial charge in [-0.15, -0.1) is 11.3 Å². The number of hydrogen-bond donors (Lipinski definition) is 0. The largest absolute Gasteiger partial charge is 0.489 e. The molecule has 0 amide bonds. The number of alkyl halides is 2. The molecule has 2 aromatic heterocycles. The maximum absolute atomic E-state index is 13.8. The Hall–Kier alpha value is -2.54. The van der Waals surface area contributed by atoms with E-state index in [1.54, 1.807) is 18.3 Å². The molecule has 0 aliphatic rings. The van der Waals surface area contributed by atoms with Gasteiger partial charge in [0.25, 0.3) is 5.92 Å². The van der Waals surface area contributed by atoms with Crippen LogP contribution in [0.5, 0.6) is 5.75 Å². The molecule has 3 aromatic rings. The van der Waals surface area contributed by atoms with E-state index in [1.807, 2.05) is 24.4 Å².